The van der Waals surface area contributed by atoms with Crippen molar-refractivity contribution in [3.63, 3.8) is 0 Å². The molecule has 2 aliphatic heterocycles. The largest absolute Gasteiger partial charge is 0.466 e. The van der Waals surface area contributed by atoms with Gasteiger partial charge in [0.05, 0.1) is 24.4 Å². The highest BCUT2D eigenvalue weighted by Crippen LogP contribution is 2.41. The number of fused-ring (bicyclic) bond motifs is 1. The second-order valence-corrected chi connectivity index (χ2v) is 9.82. The number of hydrogen-bond acceptors (Lipinski definition) is 6. The lowest BCUT2D eigenvalue weighted by atomic mass is 9.93. The molecule has 0 aromatic heterocycles. The van der Waals surface area contributed by atoms with Crippen molar-refractivity contribution < 1.29 is 14.3 Å². The number of aliphatic imine (C=N–C) groups is 1. The van der Waals surface area contributed by atoms with Crippen LogP contribution in [0, 0.1) is 5.92 Å². The van der Waals surface area contributed by atoms with Gasteiger partial charge in [-0.05, 0) is 42.9 Å². The van der Waals surface area contributed by atoms with Crippen LogP contribution in [0.25, 0.3) is 0 Å². The van der Waals surface area contributed by atoms with Crippen LogP contribution in [0.5, 0.6) is 0 Å². The standard InChI is InChI=1S/C25H33N3O3S/c1-3-20-22(24(30)31-2)23(28-14-7-15-32-25(28)27-20)18-10-6-11-19(16-18)26-21(29)13-12-17-8-4-5-9-17/h6,10-11,16-17,23H,3-5,7-9,12-15H2,1-2H3,(H,26,29). The molecule has 1 atom stereocenters. The molecule has 0 bridgehead atoms. The monoisotopic (exact) mass is 455 g/mol. The first-order chi connectivity index (χ1) is 15.6. The summed E-state index contributed by atoms with van der Waals surface area (Å²) in [4.78, 5) is 32.4. The molecule has 7 heteroatoms. The maximum atomic E-state index is 12.8. The van der Waals surface area contributed by atoms with E-state index in [2.05, 4.69) is 10.2 Å². The molecule has 1 aromatic carbocycles. The zero-order chi connectivity index (χ0) is 22.5. The minimum atomic E-state index is -0.337. The van der Waals surface area contributed by atoms with Crippen molar-refractivity contribution in [1.82, 2.24) is 4.90 Å². The molecular weight excluding hydrogens is 422 g/mol. The second-order valence-electron chi connectivity index (χ2n) is 8.76. The van der Waals surface area contributed by atoms with Gasteiger partial charge in [-0.25, -0.2) is 9.79 Å². The lowest BCUT2D eigenvalue weighted by Gasteiger charge is -2.40. The number of thioether (sulfide) groups is 1. The molecule has 1 amide bonds. The Morgan fingerprint density at radius 3 is 2.81 bits per heavy atom. The molecule has 1 aromatic rings. The first-order valence-corrected chi connectivity index (χ1v) is 12.8. The molecule has 6 nitrogen and oxygen atoms in total. The minimum Gasteiger partial charge on any atom is -0.466 e. The van der Waals surface area contributed by atoms with Crippen LogP contribution in [0.1, 0.15) is 69.9 Å². The summed E-state index contributed by atoms with van der Waals surface area (Å²) < 4.78 is 5.16. The first kappa shape index (κ1) is 22.9. The molecule has 1 saturated heterocycles. The van der Waals surface area contributed by atoms with E-state index in [1.54, 1.807) is 11.8 Å². The van der Waals surface area contributed by atoms with Crippen LogP contribution in [0.15, 0.2) is 40.5 Å². The van der Waals surface area contributed by atoms with Crippen LogP contribution in [0.2, 0.25) is 0 Å². The summed E-state index contributed by atoms with van der Waals surface area (Å²) in [7, 11) is 1.42. The van der Waals surface area contributed by atoms with Gasteiger partial charge >= 0.3 is 5.97 Å². The Kier molecular flexibility index (Phi) is 7.55. The predicted octanol–water partition coefficient (Wildman–Crippen LogP) is 5.28. The van der Waals surface area contributed by atoms with Gasteiger partial charge in [0, 0.05) is 24.4 Å². The molecule has 32 heavy (non-hydrogen) atoms. The van der Waals surface area contributed by atoms with Gasteiger partial charge in [-0.1, -0.05) is 56.5 Å². The van der Waals surface area contributed by atoms with Crippen molar-refractivity contribution in [3.05, 3.63) is 41.1 Å². The number of esters is 1. The third kappa shape index (κ3) is 5.03. The number of carbonyl (C=O) groups excluding carboxylic acids is 2. The van der Waals surface area contributed by atoms with E-state index in [4.69, 9.17) is 9.73 Å². The Hall–Kier alpha value is -2.28. The summed E-state index contributed by atoms with van der Waals surface area (Å²) in [6, 6.07) is 7.63. The maximum Gasteiger partial charge on any atom is 0.338 e. The number of rotatable bonds is 7. The van der Waals surface area contributed by atoms with Crippen LogP contribution >= 0.6 is 11.8 Å². The summed E-state index contributed by atoms with van der Waals surface area (Å²) in [5.41, 5.74) is 3.13. The van der Waals surface area contributed by atoms with Gasteiger partial charge in [0.25, 0.3) is 0 Å². The van der Waals surface area contributed by atoms with Gasteiger partial charge < -0.3 is 15.0 Å². The average Bonchev–Trinajstić information content (AvgIpc) is 3.35. The Labute approximate surface area is 194 Å². The third-order valence-corrected chi connectivity index (χ3v) is 7.70. The second kappa shape index (κ2) is 10.6. The topological polar surface area (TPSA) is 71.0 Å². The lowest BCUT2D eigenvalue weighted by molar-refractivity contribution is -0.137. The zero-order valence-corrected chi connectivity index (χ0v) is 19.9. The first-order valence-electron chi connectivity index (χ1n) is 11.8. The minimum absolute atomic E-state index is 0.0615. The number of allylic oxidation sites excluding steroid dienone is 1. The third-order valence-electron chi connectivity index (χ3n) is 6.63. The fourth-order valence-electron chi connectivity index (χ4n) is 5.00. The number of hydrogen-bond donors (Lipinski definition) is 1. The number of carbonyl (C=O) groups is 2. The number of nitrogens with one attached hydrogen (secondary N) is 1. The fourth-order valence-corrected chi connectivity index (χ4v) is 6.00. The van der Waals surface area contributed by atoms with E-state index in [9.17, 15) is 9.59 Å². The molecule has 1 saturated carbocycles. The van der Waals surface area contributed by atoms with Gasteiger partial charge in [0.1, 0.15) is 0 Å². The van der Waals surface area contributed by atoms with Crippen LogP contribution in [0.3, 0.4) is 0 Å². The SMILES string of the molecule is CCC1=C(C(=O)OC)C(c2cccc(NC(=O)CCC3CCCC3)c2)N2CCCSC2=N1. The van der Waals surface area contributed by atoms with E-state index < -0.39 is 0 Å². The Bertz CT molecular complexity index is 921. The van der Waals surface area contributed by atoms with E-state index >= 15 is 0 Å². The van der Waals surface area contributed by atoms with Gasteiger partial charge in [-0.15, -0.1) is 0 Å². The van der Waals surface area contributed by atoms with Gasteiger partial charge in [0.15, 0.2) is 5.17 Å². The Morgan fingerprint density at radius 1 is 1.25 bits per heavy atom. The van der Waals surface area contributed by atoms with Crippen molar-refractivity contribution in [1.29, 1.82) is 0 Å². The molecule has 3 aliphatic rings. The van der Waals surface area contributed by atoms with Crippen molar-refractivity contribution >= 4 is 34.5 Å². The maximum absolute atomic E-state index is 12.8. The predicted molar refractivity (Wildman–Crippen MR) is 130 cm³/mol. The molecule has 172 valence electrons. The molecule has 1 aliphatic carbocycles. The number of amides is 1. The van der Waals surface area contributed by atoms with Gasteiger partial charge in [0.2, 0.25) is 5.91 Å². The number of nitrogens with zero attached hydrogens (tertiary/aromatic N) is 2. The number of amidine groups is 1. The van der Waals surface area contributed by atoms with Crippen LogP contribution < -0.4 is 5.32 Å². The number of ether oxygens (including phenoxy) is 1. The molecule has 2 fully saturated rings. The fraction of sp³-hybridized carbons (Fsp3) is 0.560. The lowest BCUT2D eigenvalue weighted by Crippen LogP contribution is -2.42. The highest BCUT2D eigenvalue weighted by atomic mass is 32.2. The molecule has 1 unspecified atom stereocenters. The summed E-state index contributed by atoms with van der Waals surface area (Å²) in [5.74, 6) is 1.45. The van der Waals surface area contributed by atoms with Crippen molar-refractivity contribution in [2.45, 2.75) is 64.3 Å². The Balaban J connectivity index is 1.57. The highest BCUT2D eigenvalue weighted by Gasteiger charge is 2.38. The molecule has 4 rings (SSSR count). The van der Waals surface area contributed by atoms with Crippen molar-refractivity contribution in [3.8, 4) is 0 Å². The van der Waals surface area contributed by atoms with E-state index in [-0.39, 0.29) is 17.9 Å². The quantitative estimate of drug-likeness (QED) is 0.566. The van der Waals surface area contributed by atoms with Gasteiger partial charge in [-0.3, -0.25) is 4.79 Å². The number of benzene rings is 1. The van der Waals surface area contributed by atoms with E-state index in [1.807, 2.05) is 31.2 Å². The Morgan fingerprint density at radius 2 is 2.06 bits per heavy atom. The number of anilines is 1. The van der Waals surface area contributed by atoms with E-state index in [0.29, 0.717) is 24.3 Å². The van der Waals surface area contributed by atoms with Gasteiger partial charge in [-0.2, -0.15) is 0 Å². The van der Waals surface area contributed by atoms with Crippen LogP contribution in [-0.2, 0) is 14.3 Å². The van der Waals surface area contributed by atoms with E-state index in [1.165, 1.54) is 32.8 Å². The highest BCUT2D eigenvalue weighted by molar-refractivity contribution is 8.13. The smallest absolute Gasteiger partial charge is 0.338 e. The number of methoxy groups -OCH3 is 1. The summed E-state index contributed by atoms with van der Waals surface area (Å²) >= 11 is 1.74. The summed E-state index contributed by atoms with van der Waals surface area (Å²) in [6.07, 6.45) is 8.33. The summed E-state index contributed by atoms with van der Waals surface area (Å²) in [5, 5.41) is 4.04. The van der Waals surface area contributed by atoms with E-state index in [0.717, 1.165) is 47.3 Å². The average molecular weight is 456 g/mol. The van der Waals surface area contributed by atoms with Crippen molar-refractivity contribution in [2.75, 3.05) is 24.7 Å². The van der Waals surface area contributed by atoms with Crippen molar-refractivity contribution in [2.24, 2.45) is 10.9 Å². The molecule has 2 heterocycles. The zero-order valence-electron chi connectivity index (χ0n) is 19.1. The van der Waals surface area contributed by atoms with Crippen LogP contribution in [0.4, 0.5) is 5.69 Å². The molecule has 0 radical (unpaired) electrons. The molecule has 0 spiro atoms. The normalized spacial score (nSPS) is 21.2. The molecule has 1 N–H and O–H groups in total. The summed E-state index contributed by atoms with van der Waals surface area (Å²) in [6.45, 7) is 2.86. The molecular formula is C25H33N3O3S. The van der Waals surface area contributed by atoms with Crippen LogP contribution in [-0.4, -0.2) is 41.4 Å².